The van der Waals surface area contributed by atoms with Crippen LogP contribution in [0.1, 0.15) is 11.1 Å². The standard InChI is InChI=1S/C16H17Cl2NO/c1-11-7-12(2)9-14(8-11)20-6-5-19-16-10-13(17)3-4-15(16)18/h3-4,7-10,19H,5-6H2,1-2H3. The third kappa shape index (κ3) is 4.32. The molecule has 2 nitrogen and oxygen atoms in total. The lowest BCUT2D eigenvalue weighted by Crippen LogP contribution is -2.11. The van der Waals surface area contributed by atoms with Gasteiger partial charge in [0, 0.05) is 11.6 Å². The molecular weight excluding hydrogens is 293 g/mol. The average molecular weight is 310 g/mol. The Kier molecular flexibility index (Phi) is 5.16. The van der Waals surface area contributed by atoms with Crippen LogP contribution in [0.5, 0.6) is 5.75 Å². The first-order valence-electron chi connectivity index (χ1n) is 6.44. The second-order valence-corrected chi connectivity index (χ2v) is 5.57. The molecule has 0 bridgehead atoms. The zero-order valence-corrected chi connectivity index (χ0v) is 13.1. The van der Waals surface area contributed by atoms with Crippen LogP contribution in [0.15, 0.2) is 36.4 Å². The molecular formula is C16H17Cl2NO. The lowest BCUT2D eigenvalue weighted by molar-refractivity contribution is 0.332. The van der Waals surface area contributed by atoms with Gasteiger partial charge in [-0.3, -0.25) is 0 Å². The summed E-state index contributed by atoms with van der Waals surface area (Å²) in [6.45, 7) is 5.34. The molecule has 0 unspecified atom stereocenters. The summed E-state index contributed by atoms with van der Waals surface area (Å²) in [6.07, 6.45) is 0. The average Bonchev–Trinajstić information content (AvgIpc) is 2.37. The zero-order valence-electron chi connectivity index (χ0n) is 11.5. The van der Waals surface area contributed by atoms with E-state index in [0.717, 1.165) is 11.4 Å². The molecule has 0 spiro atoms. The molecule has 2 aromatic carbocycles. The fourth-order valence-electron chi connectivity index (χ4n) is 2.00. The molecule has 0 saturated heterocycles. The minimum Gasteiger partial charge on any atom is -0.492 e. The van der Waals surface area contributed by atoms with Crippen LogP contribution in [-0.4, -0.2) is 13.2 Å². The molecule has 1 N–H and O–H groups in total. The van der Waals surface area contributed by atoms with Crippen LogP contribution in [0, 0.1) is 13.8 Å². The molecule has 4 heteroatoms. The topological polar surface area (TPSA) is 21.3 Å². The number of halogens is 2. The summed E-state index contributed by atoms with van der Waals surface area (Å²) in [5, 5.41) is 4.52. The molecule has 106 valence electrons. The third-order valence-electron chi connectivity index (χ3n) is 2.81. The van der Waals surface area contributed by atoms with Crippen LogP contribution in [0.4, 0.5) is 5.69 Å². The van der Waals surface area contributed by atoms with Crippen LogP contribution in [-0.2, 0) is 0 Å². The fraction of sp³-hybridized carbons (Fsp3) is 0.250. The van der Waals surface area contributed by atoms with Gasteiger partial charge in [-0.05, 0) is 55.3 Å². The summed E-state index contributed by atoms with van der Waals surface area (Å²) in [7, 11) is 0. The van der Waals surface area contributed by atoms with Crippen molar-refractivity contribution in [3.05, 3.63) is 57.6 Å². The van der Waals surface area contributed by atoms with E-state index in [1.807, 2.05) is 12.1 Å². The van der Waals surface area contributed by atoms with Crippen molar-refractivity contribution in [3.8, 4) is 5.75 Å². The number of aryl methyl sites for hydroxylation is 2. The van der Waals surface area contributed by atoms with Gasteiger partial charge < -0.3 is 10.1 Å². The van der Waals surface area contributed by atoms with Crippen molar-refractivity contribution in [1.82, 2.24) is 0 Å². The second kappa shape index (κ2) is 6.87. The third-order valence-corrected chi connectivity index (χ3v) is 3.37. The van der Waals surface area contributed by atoms with Crippen molar-refractivity contribution >= 4 is 28.9 Å². The first kappa shape index (κ1) is 15.0. The highest BCUT2D eigenvalue weighted by molar-refractivity contribution is 6.35. The van der Waals surface area contributed by atoms with Gasteiger partial charge in [0.2, 0.25) is 0 Å². The van der Waals surface area contributed by atoms with Gasteiger partial charge in [-0.25, -0.2) is 0 Å². The predicted octanol–water partition coefficient (Wildman–Crippen LogP) is 5.10. The van der Waals surface area contributed by atoms with Crippen LogP contribution >= 0.6 is 23.2 Å². The van der Waals surface area contributed by atoms with Gasteiger partial charge in [-0.1, -0.05) is 29.3 Å². The van der Waals surface area contributed by atoms with Gasteiger partial charge in [-0.15, -0.1) is 0 Å². The van der Waals surface area contributed by atoms with Gasteiger partial charge in [0.05, 0.1) is 10.7 Å². The number of rotatable bonds is 5. The van der Waals surface area contributed by atoms with E-state index in [9.17, 15) is 0 Å². The summed E-state index contributed by atoms with van der Waals surface area (Å²) < 4.78 is 5.72. The van der Waals surface area contributed by atoms with E-state index in [2.05, 4.69) is 25.2 Å². The number of hydrogen-bond acceptors (Lipinski definition) is 2. The lowest BCUT2D eigenvalue weighted by atomic mass is 10.1. The van der Waals surface area contributed by atoms with Crippen molar-refractivity contribution in [2.45, 2.75) is 13.8 Å². The first-order chi connectivity index (χ1) is 9.54. The number of nitrogens with one attached hydrogen (secondary N) is 1. The Labute approximate surface area is 129 Å². The molecule has 20 heavy (non-hydrogen) atoms. The summed E-state index contributed by atoms with van der Waals surface area (Å²) in [4.78, 5) is 0. The molecule has 2 aromatic rings. The van der Waals surface area contributed by atoms with Gasteiger partial charge >= 0.3 is 0 Å². The maximum absolute atomic E-state index is 6.07. The minimum absolute atomic E-state index is 0.561. The normalized spacial score (nSPS) is 10.4. The van der Waals surface area contributed by atoms with Crippen LogP contribution < -0.4 is 10.1 Å². The molecule has 0 saturated carbocycles. The van der Waals surface area contributed by atoms with Crippen LogP contribution in [0.2, 0.25) is 10.0 Å². The van der Waals surface area contributed by atoms with Gasteiger partial charge in [-0.2, -0.15) is 0 Å². The molecule has 0 heterocycles. The zero-order chi connectivity index (χ0) is 14.5. The van der Waals surface area contributed by atoms with Crippen molar-refractivity contribution in [2.24, 2.45) is 0 Å². The highest BCUT2D eigenvalue weighted by atomic mass is 35.5. The van der Waals surface area contributed by atoms with Gasteiger partial charge in [0.25, 0.3) is 0 Å². The largest absolute Gasteiger partial charge is 0.492 e. The molecule has 0 radical (unpaired) electrons. The Morgan fingerprint density at radius 1 is 1.00 bits per heavy atom. The Hall–Kier alpha value is -1.38. The fourth-order valence-corrected chi connectivity index (χ4v) is 2.36. The molecule has 0 aliphatic rings. The Morgan fingerprint density at radius 2 is 1.70 bits per heavy atom. The Balaban J connectivity index is 1.86. The number of hydrogen-bond donors (Lipinski definition) is 1. The highest BCUT2D eigenvalue weighted by Gasteiger charge is 2.01. The van der Waals surface area contributed by atoms with E-state index in [1.165, 1.54) is 11.1 Å². The van der Waals surface area contributed by atoms with Crippen LogP contribution in [0.3, 0.4) is 0 Å². The van der Waals surface area contributed by atoms with E-state index < -0.39 is 0 Å². The maximum atomic E-state index is 6.07. The molecule has 2 rings (SSSR count). The van der Waals surface area contributed by atoms with E-state index in [1.54, 1.807) is 18.2 Å². The van der Waals surface area contributed by atoms with Crippen molar-refractivity contribution in [1.29, 1.82) is 0 Å². The lowest BCUT2D eigenvalue weighted by Gasteiger charge is -2.11. The molecule has 0 aliphatic carbocycles. The Bertz CT molecular complexity index is 579. The predicted molar refractivity (Wildman–Crippen MR) is 86.4 cm³/mol. The van der Waals surface area contributed by atoms with E-state index in [4.69, 9.17) is 27.9 Å². The van der Waals surface area contributed by atoms with E-state index >= 15 is 0 Å². The number of anilines is 1. The summed E-state index contributed by atoms with van der Waals surface area (Å²) in [5.41, 5.74) is 3.22. The number of ether oxygens (including phenoxy) is 1. The molecule has 0 aromatic heterocycles. The smallest absolute Gasteiger partial charge is 0.119 e. The summed E-state index contributed by atoms with van der Waals surface area (Å²) in [6, 6.07) is 11.5. The molecule has 0 fully saturated rings. The molecule has 0 aliphatic heterocycles. The van der Waals surface area contributed by atoms with Crippen LogP contribution in [0.25, 0.3) is 0 Å². The molecule has 0 amide bonds. The van der Waals surface area contributed by atoms with E-state index in [-0.39, 0.29) is 0 Å². The van der Waals surface area contributed by atoms with Crippen molar-refractivity contribution in [3.63, 3.8) is 0 Å². The Morgan fingerprint density at radius 3 is 2.40 bits per heavy atom. The maximum Gasteiger partial charge on any atom is 0.119 e. The van der Waals surface area contributed by atoms with Gasteiger partial charge in [0.15, 0.2) is 0 Å². The quantitative estimate of drug-likeness (QED) is 0.776. The summed E-state index contributed by atoms with van der Waals surface area (Å²) >= 11 is 12.0. The number of benzene rings is 2. The summed E-state index contributed by atoms with van der Waals surface area (Å²) in [5.74, 6) is 0.890. The first-order valence-corrected chi connectivity index (χ1v) is 7.20. The van der Waals surface area contributed by atoms with Crippen molar-refractivity contribution in [2.75, 3.05) is 18.5 Å². The van der Waals surface area contributed by atoms with E-state index in [0.29, 0.717) is 23.2 Å². The monoisotopic (exact) mass is 309 g/mol. The SMILES string of the molecule is Cc1cc(C)cc(OCCNc2cc(Cl)ccc2Cl)c1. The second-order valence-electron chi connectivity index (χ2n) is 4.72. The van der Waals surface area contributed by atoms with Gasteiger partial charge in [0.1, 0.15) is 12.4 Å². The highest BCUT2D eigenvalue weighted by Crippen LogP contribution is 2.25. The minimum atomic E-state index is 0.561. The van der Waals surface area contributed by atoms with Crippen molar-refractivity contribution < 1.29 is 4.74 Å². The molecule has 0 atom stereocenters.